The van der Waals surface area contributed by atoms with E-state index in [2.05, 4.69) is 26.2 Å². The highest BCUT2D eigenvalue weighted by Crippen LogP contribution is 2.25. The molecule has 1 aromatic heterocycles. The maximum Gasteiger partial charge on any atom is 0.184 e. The predicted octanol–water partition coefficient (Wildman–Crippen LogP) is 1.36. The molecule has 108 valence electrons. The van der Waals surface area contributed by atoms with Crippen molar-refractivity contribution in [2.24, 2.45) is 0 Å². The monoisotopic (exact) mass is 425 g/mol. The Kier molecular flexibility index (Phi) is 5.50. The number of thiazole rings is 1. The van der Waals surface area contributed by atoms with E-state index >= 15 is 0 Å². The molecule has 0 atom stereocenters. The first-order valence-corrected chi connectivity index (χ1v) is 7.71. The summed E-state index contributed by atoms with van der Waals surface area (Å²) in [5.41, 5.74) is 1.65. The van der Waals surface area contributed by atoms with Crippen molar-refractivity contribution in [3.63, 3.8) is 0 Å². The first-order chi connectivity index (χ1) is 9.72. The van der Waals surface area contributed by atoms with Crippen LogP contribution in [0.3, 0.4) is 0 Å². The minimum absolute atomic E-state index is 0. The average molecular weight is 427 g/mol. The van der Waals surface area contributed by atoms with Crippen molar-refractivity contribution in [1.82, 2.24) is 4.98 Å². The number of benzene rings is 2. The molecular weight excluding hydrogens is 416 g/mol. The van der Waals surface area contributed by atoms with Gasteiger partial charge in [-0.05, 0) is 24.3 Å². The number of nitrogens with zero attached hydrogens (tertiary/aromatic N) is 1. The first-order valence-electron chi connectivity index (χ1n) is 6.10. The van der Waals surface area contributed by atoms with E-state index in [9.17, 15) is 4.79 Å². The van der Waals surface area contributed by atoms with Gasteiger partial charge in [-0.15, -0.1) is 0 Å². The molecule has 0 radical (unpaired) electrons. The fraction of sp³-hybridized carbons (Fsp3) is 0.0667. The molecule has 3 nitrogen and oxygen atoms in total. The van der Waals surface area contributed by atoms with E-state index in [1.54, 1.807) is 11.3 Å². The molecule has 3 rings (SSSR count). The fourth-order valence-electron chi connectivity index (χ4n) is 1.84. The molecule has 0 fully saturated rings. The van der Waals surface area contributed by atoms with E-state index in [-0.39, 0.29) is 29.3 Å². The van der Waals surface area contributed by atoms with E-state index in [1.807, 2.05) is 48.5 Å². The quantitative estimate of drug-likeness (QED) is 0.640. The lowest BCUT2D eigenvalue weighted by molar-refractivity contribution is -0.0000114. The minimum Gasteiger partial charge on any atom is -1.00 e. The fourth-order valence-corrected chi connectivity index (χ4v) is 2.97. The molecule has 0 amide bonds. The molecule has 0 unspecified atom stereocenters. The standard InChI is InChI=1S/C15H11BrN2OS.BrH/c16-11-7-5-10(6-8-11)13(19)9-17-15-18-12-3-1-2-4-14(12)20-15;/h1-8H,9H2,(H,17,18);1H/p-1. The molecule has 0 spiro atoms. The van der Waals surface area contributed by atoms with Gasteiger partial charge in [0.2, 0.25) is 0 Å². The van der Waals surface area contributed by atoms with Crippen LogP contribution in [-0.4, -0.2) is 17.3 Å². The Hall–Kier alpha value is -1.24. The van der Waals surface area contributed by atoms with Gasteiger partial charge in [-0.25, -0.2) is 4.98 Å². The maximum absolute atomic E-state index is 12.0. The van der Waals surface area contributed by atoms with Crippen LogP contribution >= 0.6 is 27.3 Å². The van der Waals surface area contributed by atoms with Gasteiger partial charge >= 0.3 is 0 Å². The number of anilines is 1. The van der Waals surface area contributed by atoms with Crippen LogP contribution in [0.2, 0.25) is 0 Å². The highest BCUT2D eigenvalue weighted by molar-refractivity contribution is 9.10. The highest BCUT2D eigenvalue weighted by atomic mass is 79.9. The zero-order chi connectivity index (χ0) is 13.9. The third-order valence-electron chi connectivity index (χ3n) is 2.86. The second-order valence-electron chi connectivity index (χ2n) is 4.27. The van der Waals surface area contributed by atoms with Crippen molar-refractivity contribution in [3.8, 4) is 0 Å². The second-order valence-corrected chi connectivity index (χ2v) is 6.22. The molecule has 6 heteroatoms. The Balaban J connectivity index is 0.00000161. The van der Waals surface area contributed by atoms with Gasteiger partial charge < -0.3 is 22.3 Å². The van der Waals surface area contributed by atoms with Crippen LogP contribution < -0.4 is 22.3 Å². The lowest BCUT2D eigenvalue weighted by Crippen LogP contribution is -3.00. The highest BCUT2D eigenvalue weighted by Gasteiger charge is 2.07. The number of rotatable bonds is 4. The van der Waals surface area contributed by atoms with Crippen LogP contribution in [0.4, 0.5) is 5.13 Å². The number of nitrogens with one attached hydrogen (secondary N) is 1. The number of para-hydroxylation sites is 1. The van der Waals surface area contributed by atoms with E-state index < -0.39 is 0 Å². The minimum atomic E-state index is 0. The number of fused-ring (bicyclic) bond motifs is 1. The number of ketones is 1. The summed E-state index contributed by atoms with van der Waals surface area (Å²) in [4.78, 5) is 16.5. The number of carbonyl (C=O) groups is 1. The summed E-state index contributed by atoms with van der Waals surface area (Å²) in [7, 11) is 0. The summed E-state index contributed by atoms with van der Waals surface area (Å²) in [5, 5.41) is 3.87. The van der Waals surface area contributed by atoms with Gasteiger partial charge in [0, 0.05) is 10.0 Å². The van der Waals surface area contributed by atoms with Gasteiger partial charge in [-0.1, -0.05) is 51.5 Å². The van der Waals surface area contributed by atoms with Crippen LogP contribution in [-0.2, 0) is 0 Å². The SMILES string of the molecule is O=C(CNc1nc2ccccc2s1)c1ccc(Br)cc1.[Br-]. The molecule has 1 N–H and O–H groups in total. The molecule has 2 aromatic carbocycles. The third kappa shape index (κ3) is 3.90. The lowest BCUT2D eigenvalue weighted by Gasteiger charge is -2.02. The van der Waals surface area contributed by atoms with Gasteiger partial charge in [-0.2, -0.15) is 0 Å². The number of aromatic nitrogens is 1. The Labute approximate surface area is 145 Å². The number of Topliss-reactive ketones (excluding diaryl/α,β-unsaturated/α-hetero) is 1. The summed E-state index contributed by atoms with van der Waals surface area (Å²) in [5.74, 6) is 0.0526. The van der Waals surface area contributed by atoms with Gasteiger partial charge in [-0.3, -0.25) is 4.79 Å². The number of carbonyl (C=O) groups excluding carboxylic acids is 1. The molecule has 0 aliphatic rings. The molecule has 0 aliphatic heterocycles. The third-order valence-corrected chi connectivity index (χ3v) is 4.38. The largest absolute Gasteiger partial charge is 1.00 e. The summed E-state index contributed by atoms with van der Waals surface area (Å²) in [6.07, 6.45) is 0. The Bertz CT molecular complexity index is 723. The van der Waals surface area contributed by atoms with Crippen molar-refractivity contribution < 1.29 is 21.8 Å². The molecule has 0 saturated carbocycles. The van der Waals surface area contributed by atoms with Crippen molar-refractivity contribution in [1.29, 1.82) is 0 Å². The van der Waals surface area contributed by atoms with E-state index in [4.69, 9.17) is 0 Å². The van der Waals surface area contributed by atoms with Gasteiger partial charge in [0.25, 0.3) is 0 Å². The first kappa shape index (κ1) is 16.1. The molecule has 21 heavy (non-hydrogen) atoms. The van der Waals surface area contributed by atoms with Crippen LogP contribution in [0.1, 0.15) is 10.4 Å². The molecule has 3 aromatic rings. The zero-order valence-corrected chi connectivity index (χ0v) is 14.8. The zero-order valence-electron chi connectivity index (χ0n) is 10.8. The number of halogens is 2. The summed E-state index contributed by atoms with van der Waals surface area (Å²) >= 11 is 4.91. The van der Waals surface area contributed by atoms with Gasteiger partial charge in [0.15, 0.2) is 10.9 Å². The van der Waals surface area contributed by atoms with Crippen LogP contribution in [0.25, 0.3) is 10.2 Å². The predicted molar refractivity (Wildman–Crippen MR) is 86.6 cm³/mol. The summed E-state index contributed by atoms with van der Waals surface area (Å²) in [6, 6.07) is 15.3. The molecule has 1 heterocycles. The van der Waals surface area contributed by atoms with E-state index in [1.165, 1.54) is 0 Å². The number of hydrogen-bond acceptors (Lipinski definition) is 4. The van der Waals surface area contributed by atoms with Gasteiger partial charge in [0.05, 0.1) is 16.8 Å². The summed E-state index contributed by atoms with van der Waals surface area (Å²) in [6.45, 7) is 0.251. The average Bonchev–Trinajstić information content (AvgIpc) is 2.88. The Morgan fingerprint density at radius 2 is 1.86 bits per heavy atom. The molecule has 0 saturated heterocycles. The van der Waals surface area contributed by atoms with Crippen molar-refractivity contribution in [3.05, 3.63) is 58.6 Å². The second kappa shape index (κ2) is 7.15. The van der Waals surface area contributed by atoms with E-state index in [0.29, 0.717) is 5.56 Å². The van der Waals surface area contributed by atoms with Crippen LogP contribution in [0, 0.1) is 0 Å². The lowest BCUT2D eigenvalue weighted by atomic mass is 10.1. The normalized spacial score (nSPS) is 10.1. The Morgan fingerprint density at radius 1 is 1.14 bits per heavy atom. The van der Waals surface area contributed by atoms with Crippen molar-refractivity contribution >= 4 is 48.4 Å². The van der Waals surface area contributed by atoms with Crippen molar-refractivity contribution in [2.45, 2.75) is 0 Å². The Morgan fingerprint density at radius 3 is 2.57 bits per heavy atom. The van der Waals surface area contributed by atoms with E-state index in [0.717, 1.165) is 19.8 Å². The molecule has 0 aliphatic carbocycles. The maximum atomic E-state index is 12.0. The van der Waals surface area contributed by atoms with Crippen LogP contribution in [0.5, 0.6) is 0 Å². The molecular formula is C15H11Br2N2OS-. The van der Waals surface area contributed by atoms with Gasteiger partial charge in [0.1, 0.15) is 0 Å². The smallest absolute Gasteiger partial charge is 0.184 e. The molecule has 0 bridgehead atoms. The number of hydrogen-bond donors (Lipinski definition) is 1. The topological polar surface area (TPSA) is 42.0 Å². The summed E-state index contributed by atoms with van der Waals surface area (Å²) < 4.78 is 2.08. The van der Waals surface area contributed by atoms with Crippen molar-refractivity contribution in [2.75, 3.05) is 11.9 Å². The van der Waals surface area contributed by atoms with Crippen LogP contribution in [0.15, 0.2) is 53.0 Å².